The molecular formula is C14H23F3O. The summed E-state index contributed by atoms with van der Waals surface area (Å²) in [6, 6.07) is 0. The molecule has 0 heterocycles. The van der Waals surface area contributed by atoms with Crippen molar-refractivity contribution >= 4 is 5.78 Å². The minimum absolute atomic E-state index is 0.00642. The molecule has 0 aliphatic heterocycles. The third-order valence-corrected chi connectivity index (χ3v) is 3.71. The Bertz CT molecular complexity index is 288. The van der Waals surface area contributed by atoms with Crippen LogP contribution in [-0.2, 0) is 4.79 Å². The standard InChI is InChI=1S/C14H23F3O/c1-13(2,3)8-7-12(18)10-5-4-6-11(9-10)14(15,16)17/h10-11H,4-9H2,1-3H3. The molecule has 2 unspecified atom stereocenters. The van der Waals surface area contributed by atoms with E-state index in [2.05, 4.69) is 0 Å². The predicted octanol–water partition coefficient (Wildman–Crippen LogP) is 4.75. The molecule has 0 bridgehead atoms. The molecule has 0 radical (unpaired) electrons. The first-order chi connectivity index (χ1) is 8.09. The van der Waals surface area contributed by atoms with Crippen LogP contribution < -0.4 is 0 Å². The molecule has 0 N–H and O–H groups in total. The number of rotatable bonds is 3. The quantitative estimate of drug-likeness (QED) is 0.719. The second-order valence-corrected chi connectivity index (χ2v) is 6.63. The normalized spacial score (nSPS) is 26.1. The summed E-state index contributed by atoms with van der Waals surface area (Å²) in [6.45, 7) is 6.12. The van der Waals surface area contributed by atoms with Crippen molar-refractivity contribution in [3.8, 4) is 0 Å². The van der Waals surface area contributed by atoms with Crippen molar-refractivity contribution in [2.75, 3.05) is 0 Å². The topological polar surface area (TPSA) is 17.1 Å². The number of Topliss-reactive ketones (excluding diaryl/α,β-unsaturated/α-hetero) is 1. The third kappa shape index (κ3) is 4.99. The van der Waals surface area contributed by atoms with Crippen LogP contribution in [0.4, 0.5) is 13.2 Å². The summed E-state index contributed by atoms with van der Waals surface area (Å²) in [4.78, 5) is 11.9. The summed E-state index contributed by atoms with van der Waals surface area (Å²) < 4.78 is 37.9. The Labute approximate surface area is 107 Å². The van der Waals surface area contributed by atoms with Gasteiger partial charge in [0.15, 0.2) is 0 Å². The van der Waals surface area contributed by atoms with Gasteiger partial charge >= 0.3 is 6.18 Å². The number of carbonyl (C=O) groups is 1. The second kappa shape index (κ2) is 5.62. The van der Waals surface area contributed by atoms with Crippen LogP contribution in [0.5, 0.6) is 0 Å². The first-order valence-electron chi connectivity index (χ1n) is 6.69. The Balaban J connectivity index is 2.49. The van der Waals surface area contributed by atoms with Crippen LogP contribution in [0.2, 0.25) is 0 Å². The highest BCUT2D eigenvalue weighted by molar-refractivity contribution is 5.81. The van der Waals surface area contributed by atoms with Gasteiger partial charge in [-0.25, -0.2) is 0 Å². The fourth-order valence-corrected chi connectivity index (χ4v) is 2.48. The number of halogens is 3. The largest absolute Gasteiger partial charge is 0.391 e. The van der Waals surface area contributed by atoms with E-state index in [0.717, 1.165) is 6.42 Å². The molecule has 1 aliphatic rings. The van der Waals surface area contributed by atoms with Gasteiger partial charge in [0.25, 0.3) is 0 Å². The molecule has 0 aromatic rings. The molecule has 106 valence electrons. The van der Waals surface area contributed by atoms with Crippen molar-refractivity contribution in [3.63, 3.8) is 0 Å². The number of carbonyl (C=O) groups excluding carboxylic acids is 1. The molecule has 18 heavy (non-hydrogen) atoms. The number of ketones is 1. The van der Waals surface area contributed by atoms with E-state index in [0.29, 0.717) is 19.3 Å². The van der Waals surface area contributed by atoms with Crippen LogP contribution in [0.1, 0.15) is 59.3 Å². The lowest BCUT2D eigenvalue weighted by atomic mass is 9.77. The van der Waals surface area contributed by atoms with Gasteiger partial charge in [0, 0.05) is 12.3 Å². The third-order valence-electron chi connectivity index (χ3n) is 3.71. The molecular weight excluding hydrogens is 241 g/mol. The van der Waals surface area contributed by atoms with Crippen molar-refractivity contribution in [3.05, 3.63) is 0 Å². The molecule has 0 aromatic heterocycles. The maximum Gasteiger partial charge on any atom is 0.391 e. The Morgan fingerprint density at radius 1 is 1.17 bits per heavy atom. The van der Waals surface area contributed by atoms with E-state index < -0.39 is 12.1 Å². The van der Waals surface area contributed by atoms with Crippen LogP contribution in [0.3, 0.4) is 0 Å². The van der Waals surface area contributed by atoms with E-state index in [4.69, 9.17) is 0 Å². The van der Waals surface area contributed by atoms with Gasteiger partial charge in [-0.3, -0.25) is 4.79 Å². The average molecular weight is 264 g/mol. The minimum Gasteiger partial charge on any atom is -0.299 e. The van der Waals surface area contributed by atoms with E-state index >= 15 is 0 Å². The smallest absolute Gasteiger partial charge is 0.299 e. The van der Waals surface area contributed by atoms with Crippen LogP contribution in [0, 0.1) is 17.3 Å². The molecule has 0 aromatic carbocycles. The zero-order valence-corrected chi connectivity index (χ0v) is 11.4. The first-order valence-corrected chi connectivity index (χ1v) is 6.69. The highest BCUT2D eigenvalue weighted by atomic mass is 19.4. The SMILES string of the molecule is CC(C)(C)CCC(=O)C1CCCC(C(F)(F)F)C1. The molecule has 2 atom stereocenters. The number of hydrogen-bond donors (Lipinski definition) is 0. The van der Waals surface area contributed by atoms with E-state index in [9.17, 15) is 18.0 Å². The fourth-order valence-electron chi connectivity index (χ4n) is 2.48. The number of alkyl halides is 3. The summed E-state index contributed by atoms with van der Waals surface area (Å²) in [6.07, 6.45) is -1.62. The highest BCUT2D eigenvalue weighted by Crippen LogP contribution is 2.40. The molecule has 1 saturated carbocycles. The van der Waals surface area contributed by atoms with Crippen LogP contribution in [0.15, 0.2) is 0 Å². The minimum atomic E-state index is -4.14. The van der Waals surface area contributed by atoms with Crippen LogP contribution in [-0.4, -0.2) is 12.0 Å². The zero-order chi connectivity index (χ0) is 14.0. The molecule has 1 aliphatic carbocycles. The lowest BCUT2D eigenvalue weighted by Gasteiger charge is -2.30. The number of hydrogen-bond acceptors (Lipinski definition) is 1. The maximum atomic E-state index is 12.6. The van der Waals surface area contributed by atoms with Crippen molar-refractivity contribution < 1.29 is 18.0 Å². The summed E-state index contributed by atoms with van der Waals surface area (Å²) in [5.41, 5.74) is 0.0632. The van der Waals surface area contributed by atoms with Gasteiger partial charge < -0.3 is 0 Å². The maximum absolute atomic E-state index is 12.6. The van der Waals surface area contributed by atoms with Gasteiger partial charge in [-0.15, -0.1) is 0 Å². The lowest BCUT2D eigenvalue weighted by Crippen LogP contribution is -2.32. The van der Waals surface area contributed by atoms with Crippen molar-refractivity contribution in [1.29, 1.82) is 0 Å². The van der Waals surface area contributed by atoms with Crippen molar-refractivity contribution in [2.24, 2.45) is 17.3 Å². The van der Waals surface area contributed by atoms with Crippen molar-refractivity contribution in [1.82, 2.24) is 0 Å². The molecule has 4 heteroatoms. The first kappa shape index (κ1) is 15.5. The fraction of sp³-hybridized carbons (Fsp3) is 0.929. The van der Waals surface area contributed by atoms with E-state index in [1.807, 2.05) is 20.8 Å². The van der Waals surface area contributed by atoms with Gasteiger partial charge in [-0.1, -0.05) is 27.2 Å². The van der Waals surface area contributed by atoms with Gasteiger partial charge in [0.05, 0.1) is 5.92 Å². The average Bonchev–Trinajstić information content (AvgIpc) is 2.24. The Morgan fingerprint density at radius 3 is 2.28 bits per heavy atom. The summed E-state index contributed by atoms with van der Waals surface area (Å²) in [7, 11) is 0. The second-order valence-electron chi connectivity index (χ2n) is 6.63. The lowest BCUT2D eigenvalue weighted by molar-refractivity contribution is -0.186. The van der Waals surface area contributed by atoms with Gasteiger partial charge in [-0.2, -0.15) is 13.2 Å². The molecule has 1 fully saturated rings. The molecule has 0 amide bonds. The van der Waals surface area contributed by atoms with Gasteiger partial charge in [0.1, 0.15) is 5.78 Å². The summed E-state index contributed by atoms with van der Waals surface area (Å²) in [5, 5.41) is 0. The van der Waals surface area contributed by atoms with Gasteiger partial charge in [-0.05, 0) is 31.1 Å². The zero-order valence-electron chi connectivity index (χ0n) is 11.4. The molecule has 1 nitrogen and oxygen atoms in total. The monoisotopic (exact) mass is 264 g/mol. The van der Waals surface area contributed by atoms with E-state index in [-0.39, 0.29) is 30.0 Å². The molecule has 0 saturated heterocycles. The predicted molar refractivity (Wildman–Crippen MR) is 65.2 cm³/mol. The van der Waals surface area contributed by atoms with Crippen LogP contribution >= 0.6 is 0 Å². The highest BCUT2D eigenvalue weighted by Gasteiger charge is 2.43. The summed E-state index contributed by atoms with van der Waals surface area (Å²) in [5.74, 6) is -1.61. The molecule has 1 rings (SSSR count). The van der Waals surface area contributed by atoms with Crippen LogP contribution in [0.25, 0.3) is 0 Å². The Hall–Kier alpha value is -0.540. The Kier molecular flexibility index (Phi) is 4.84. The Morgan fingerprint density at radius 2 is 1.78 bits per heavy atom. The van der Waals surface area contributed by atoms with Gasteiger partial charge in [0.2, 0.25) is 0 Å². The molecule has 0 spiro atoms. The van der Waals surface area contributed by atoms with Crippen molar-refractivity contribution in [2.45, 2.75) is 65.5 Å². The summed E-state index contributed by atoms with van der Waals surface area (Å²) >= 11 is 0. The van der Waals surface area contributed by atoms with E-state index in [1.165, 1.54) is 0 Å². The van der Waals surface area contributed by atoms with E-state index in [1.54, 1.807) is 0 Å².